The first-order valence-electron chi connectivity index (χ1n) is 6.64. The van der Waals surface area contributed by atoms with E-state index < -0.39 is 0 Å². The second-order valence-electron chi connectivity index (χ2n) is 5.41. The van der Waals surface area contributed by atoms with Crippen LogP contribution in [0.15, 0.2) is 4.42 Å². The van der Waals surface area contributed by atoms with Gasteiger partial charge in [-0.05, 0) is 24.7 Å². The molecule has 3 unspecified atom stereocenters. The third-order valence-electron chi connectivity index (χ3n) is 4.43. The fourth-order valence-electron chi connectivity index (χ4n) is 3.71. The first kappa shape index (κ1) is 10.3. The minimum absolute atomic E-state index is 0.556. The molecule has 0 spiro atoms. The normalized spacial score (nSPS) is 34.7. The molecular formula is C13H20N2O. The van der Waals surface area contributed by atoms with Gasteiger partial charge in [-0.3, -0.25) is 0 Å². The van der Waals surface area contributed by atoms with Crippen molar-refractivity contribution in [2.45, 2.75) is 57.8 Å². The van der Waals surface area contributed by atoms with Gasteiger partial charge in [0.15, 0.2) is 0 Å². The Morgan fingerprint density at radius 1 is 1.00 bits per heavy atom. The number of hydrogen-bond donors (Lipinski definition) is 0. The summed E-state index contributed by atoms with van der Waals surface area (Å²) in [5.41, 5.74) is 0. The topological polar surface area (TPSA) is 38.9 Å². The largest absolute Gasteiger partial charge is 0.425 e. The third kappa shape index (κ3) is 1.76. The number of fused-ring (bicyclic) bond motifs is 1. The fourth-order valence-corrected chi connectivity index (χ4v) is 3.71. The van der Waals surface area contributed by atoms with E-state index in [0.717, 1.165) is 17.7 Å². The van der Waals surface area contributed by atoms with Crippen molar-refractivity contribution in [3.05, 3.63) is 11.8 Å². The Bertz CT molecular complexity index is 359. The van der Waals surface area contributed by atoms with E-state index in [-0.39, 0.29) is 0 Å². The van der Waals surface area contributed by atoms with E-state index in [4.69, 9.17) is 4.42 Å². The predicted octanol–water partition coefficient (Wildman–Crippen LogP) is 3.45. The van der Waals surface area contributed by atoms with Crippen LogP contribution in [-0.4, -0.2) is 10.2 Å². The molecule has 3 rings (SSSR count). The van der Waals surface area contributed by atoms with Crippen molar-refractivity contribution in [2.75, 3.05) is 0 Å². The molecule has 1 heterocycles. The van der Waals surface area contributed by atoms with Crippen LogP contribution in [0, 0.1) is 18.8 Å². The number of aromatic nitrogens is 2. The Morgan fingerprint density at radius 2 is 1.81 bits per heavy atom. The van der Waals surface area contributed by atoms with Crippen molar-refractivity contribution in [2.24, 2.45) is 11.8 Å². The molecule has 0 saturated heterocycles. The molecule has 88 valence electrons. The van der Waals surface area contributed by atoms with Gasteiger partial charge in [0, 0.05) is 12.8 Å². The summed E-state index contributed by atoms with van der Waals surface area (Å²) >= 11 is 0. The zero-order valence-electron chi connectivity index (χ0n) is 9.98. The summed E-state index contributed by atoms with van der Waals surface area (Å²) in [7, 11) is 0. The Kier molecular flexibility index (Phi) is 2.70. The first-order valence-corrected chi connectivity index (χ1v) is 6.64. The number of aryl methyl sites for hydroxylation is 1. The zero-order chi connectivity index (χ0) is 11.0. The average molecular weight is 220 g/mol. The molecule has 0 bridgehead atoms. The van der Waals surface area contributed by atoms with Crippen LogP contribution in [0.4, 0.5) is 0 Å². The van der Waals surface area contributed by atoms with Gasteiger partial charge in [0.05, 0.1) is 0 Å². The van der Waals surface area contributed by atoms with Crippen molar-refractivity contribution < 1.29 is 4.42 Å². The number of rotatable bonds is 1. The molecule has 3 heteroatoms. The SMILES string of the molecule is Cc1nnc(C2CCCC3CCCCC32)o1. The fraction of sp³-hybridized carbons (Fsp3) is 0.846. The maximum absolute atomic E-state index is 5.65. The van der Waals surface area contributed by atoms with E-state index >= 15 is 0 Å². The van der Waals surface area contributed by atoms with E-state index in [2.05, 4.69) is 10.2 Å². The Hall–Kier alpha value is -0.860. The van der Waals surface area contributed by atoms with Gasteiger partial charge in [-0.1, -0.05) is 32.1 Å². The second-order valence-corrected chi connectivity index (χ2v) is 5.41. The maximum atomic E-state index is 5.65. The van der Waals surface area contributed by atoms with Crippen molar-refractivity contribution >= 4 is 0 Å². The molecule has 0 N–H and O–H groups in total. The van der Waals surface area contributed by atoms with Crippen molar-refractivity contribution in [1.29, 1.82) is 0 Å². The molecule has 1 aromatic heterocycles. The molecule has 1 aromatic rings. The van der Waals surface area contributed by atoms with E-state index in [9.17, 15) is 0 Å². The predicted molar refractivity (Wildman–Crippen MR) is 61.1 cm³/mol. The minimum Gasteiger partial charge on any atom is -0.425 e. The van der Waals surface area contributed by atoms with E-state index in [1.165, 1.54) is 44.9 Å². The van der Waals surface area contributed by atoms with Crippen LogP contribution in [-0.2, 0) is 0 Å². The standard InChI is InChI=1S/C13H20N2O/c1-9-14-15-13(16-9)12-8-4-6-10-5-2-3-7-11(10)12/h10-12H,2-8H2,1H3. The Morgan fingerprint density at radius 3 is 2.62 bits per heavy atom. The number of nitrogens with zero attached hydrogens (tertiary/aromatic N) is 2. The van der Waals surface area contributed by atoms with Crippen LogP contribution in [0.1, 0.15) is 62.6 Å². The second kappa shape index (κ2) is 4.19. The maximum Gasteiger partial charge on any atom is 0.219 e. The molecule has 0 aliphatic heterocycles. The van der Waals surface area contributed by atoms with Gasteiger partial charge in [-0.2, -0.15) is 0 Å². The highest BCUT2D eigenvalue weighted by Crippen LogP contribution is 2.47. The van der Waals surface area contributed by atoms with Crippen LogP contribution in [0.3, 0.4) is 0 Å². The van der Waals surface area contributed by atoms with Crippen LogP contribution < -0.4 is 0 Å². The van der Waals surface area contributed by atoms with Gasteiger partial charge in [-0.15, -0.1) is 10.2 Å². The summed E-state index contributed by atoms with van der Waals surface area (Å²) in [6, 6.07) is 0. The lowest BCUT2D eigenvalue weighted by atomic mass is 9.65. The van der Waals surface area contributed by atoms with E-state index in [1.807, 2.05) is 6.92 Å². The summed E-state index contributed by atoms with van der Waals surface area (Å²) in [6.45, 7) is 1.89. The van der Waals surface area contributed by atoms with Crippen LogP contribution >= 0.6 is 0 Å². The highest BCUT2D eigenvalue weighted by molar-refractivity contribution is 5.00. The third-order valence-corrected chi connectivity index (χ3v) is 4.43. The molecular weight excluding hydrogens is 200 g/mol. The smallest absolute Gasteiger partial charge is 0.219 e. The van der Waals surface area contributed by atoms with E-state index in [1.54, 1.807) is 0 Å². The summed E-state index contributed by atoms with van der Waals surface area (Å²) < 4.78 is 5.65. The molecule has 2 fully saturated rings. The van der Waals surface area contributed by atoms with Crippen LogP contribution in [0.5, 0.6) is 0 Å². The Balaban J connectivity index is 1.82. The molecule has 3 nitrogen and oxygen atoms in total. The summed E-state index contributed by atoms with van der Waals surface area (Å²) in [6.07, 6.45) is 9.64. The number of hydrogen-bond acceptors (Lipinski definition) is 3. The summed E-state index contributed by atoms with van der Waals surface area (Å²) in [5.74, 6) is 3.93. The van der Waals surface area contributed by atoms with Crippen LogP contribution in [0.2, 0.25) is 0 Å². The molecule has 2 aliphatic rings. The van der Waals surface area contributed by atoms with E-state index in [0.29, 0.717) is 11.8 Å². The monoisotopic (exact) mass is 220 g/mol. The van der Waals surface area contributed by atoms with Gasteiger partial charge in [0.1, 0.15) is 0 Å². The van der Waals surface area contributed by atoms with Crippen LogP contribution in [0.25, 0.3) is 0 Å². The Labute approximate surface area is 96.6 Å². The first-order chi connectivity index (χ1) is 7.84. The highest BCUT2D eigenvalue weighted by Gasteiger charge is 2.37. The lowest BCUT2D eigenvalue weighted by Crippen LogP contribution is -2.29. The lowest BCUT2D eigenvalue weighted by molar-refractivity contribution is 0.129. The minimum atomic E-state index is 0.556. The molecule has 16 heavy (non-hydrogen) atoms. The van der Waals surface area contributed by atoms with Gasteiger partial charge >= 0.3 is 0 Å². The van der Waals surface area contributed by atoms with Gasteiger partial charge < -0.3 is 4.42 Å². The molecule has 2 aliphatic carbocycles. The van der Waals surface area contributed by atoms with Crippen molar-refractivity contribution in [1.82, 2.24) is 10.2 Å². The van der Waals surface area contributed by atoms with Gasteiger partial charge in [0.2, 0.25) is 11.8 Å². The quantitative estimate of drug-likeness (QED) is 0.727. The lowest BCUT2D eigenvalue weighted by Gasteiger charge is -2.39. The molecule has 0 amide bonds. The zero-order valence-corrected chi connectivity index (χ0v) is 9.98. The van der Waals surface area contributed by atoms with Gasteiger partial charge in [0.25, 0.3) is 0 Å². The molecule has 2 saturated carbocycles. The molecule has 0 aromatic carbocycles. The highest BCUT2D eigenvalue weighted by atomic mass is 16.4. The molecule has 3 atom stereocenters. The summed E-state index contributed by atoms with van der Waals surface area (Å²) in [4.78, 5) is 0. The summed E-state index contributed by atoms with van der Waals surface area (Å²) in [5, 5.41) is 8.23. The van der Waals surface area contributed by atoms with Crippen molar-refractivity contribution in [3.8, 4) is 0 Å². The van der Waals surface area contributed by atoms with Gasteiger partial charge in [-0.25, -0.2) is 0 Å². The average Bonchev–Trinajstić information content (AvgIpc) is 2.75. The van der Waals surface area contributed by atoms with Crippen molar-refractivity contribution in [3.63, 3.8) is 0 Å². The molecule has 0 radical (unpaired) electrons.